The standard InChI is InChI=1S/C15H14N2/c16-13-6-3-5-12(10-13)15-14-7-2-1-4-11(14)8-9-17-15/h1-7,10H,8-9,16H2. The Kier molecular flexibility index (Phi) is 2.41. The SMILES string of the molecule is Nc1cccc(C2=NCCc3ccccc32)c1. The quantitative estimate of drug-likeness (QED) is 0.740. The van der Waals surface area contributed by atoms with Crippen molar-refractivity contribution in [3.63, 3.8) is 0 Å². The third-order valence-corrected chi connectivity index (χ3v) is 3.08. The Labute approximate surface area is 101 Å². The highest BCUT2D eigenvalue weighted by molar-refractivity contribution is 6.14. The number of aliphatic imine (C=N–C) groups is 1. The summed E-state index contributed by atoms with van der Waals surface area (Å²) in [6.07, 6.45) is 1.03. The molecule has 0 atom stereocenters. The summed E-state index contributed by atoms with van der Waals surface area (Å²) in [7, 11) is 0. The zero-order valence-corrected chi connectivity index (χ0v) is 9.56. The van der Waals surface area contributed by atoms with Gasteiger partial charge >= 0.3 is 0 Å². The van der Waals surface area contributed by atoms with Crippen molar-refractivity contribution in [2.45, 2.75) is 6.42 Å². The lowest BCUT2D eigenvalue weighted by atomic mass is 9.93. The Balaban J connectivity index is 2.13. The van der Waals surface area contributed by atoms with Crippen molar-refractivity contribution in [3.05, 3.63) is 65.2 Å². The molecule has 2 heteroatoms. The molecule has 17 heavy (non-hydrogen) atoms. The molecule has 0 aliphatic carbocycles. The van der Waals surface area contributed by atoms with Gasteiger partial charge in [-0.1, -0.05) is 36.4 Å². The van der Waals surface area contributed by atoms with E-state index in [0.717, 1.165) is 29.9 Å². The summed E-state index contributed by atoms with van der Waals surface area (Å²) in [4.78, 5) is 4.64. The molecule has 0 fully saturated rings. The first-order chi connectivity index (χ1) is 8.34. The zero-order chi connectivity index (χ0) is 11.7. The monoisotopic (exact) mass is 222 g/mol. The lowest BCUT2D eigenvalue weighted by Crippen LogP contribution is -2.14. The fourth-order valence-corrected chi connectivity index (χ4v) is 2.28. The minimum atomic E-state index is 0.785. The van der Waals surface area contributed by atoms with Gasteiger partial charge in [-0.15, -0.1) is 0 Å². The van der Waals surface area contributed by atoms with Crippen molar-refractivity contribution in [2.75, 3.05) is 12.3 Å². The fourth-order valence-electron chi connectivity index (χ4n) is 2.28. The van der Waals surface area contributed by atoms with Crippen LogP contribution in [-0.2, 0) is 6.42 Å². The number of hydrogen-bond donors (Lipinski definition) is 1. The Morgan fingerprint density at radius 3 is 2.76 bits per heavy atom. The van der Waals surface area contributed by atoms with Gasteiger partial charge in [0.05, 0.1) is 5.71 Å². The van der Waals surface area contributed by atoms with E-state index in [1.807, 2.05) is 18.2 Å². The molecule has 0 aromatic heterocycles. The normalized spacial score (nSPS) is 14.0. The summed E-state index contributed by atoms with van der Waals surface area (Å²) in [5, 5.41) is 0. The molecule has 2 aromatic rings. The molecule has 0 spiro atoms. The average molecular weight is 222 g/mol. The number of nitrogens with two attached hydrogens (primary N) is 1. The minimum Gasteiger partial charge on any atom is -0.399 e. The number of anilines is 1. The molecular formula is C15H14N2. The number of rotatable bonds is 1. The summed E-state index contributed by atoms with van der Waals surface area (Å²) in [6.45, 7) is 0.862. The first kappa shape index (κ1) is 10.1. The first-order valence-electron chi connectivity index (χ1n) is 5.83. The molecule has 0 unspecified atom stereocenters. The van der Waals surface area contributed by atoms with E-state index in [0.29, 0.717) is 0 Å². The third-order valence-electron chi connectivity index (χ3n) is 3.08. The topological polar surface area (TPSA) is 38.4 Å². The van der Waals surface area contributed by atoms with E-state index >= 15 is 0 Å². The molecule has 2 aromatic carbocycles. The van der Waals surface area contributed by atoms with Gasteiger partial charge in [0.15, 0.2) is 0 Å². The molecule has 84 valence electrons. The maximum absolute atomic E-state index is 5.83. The van der Waals surface area contributed by atoms with E-state index < -0.39 is 0 Å². The van der Waals surface area contributed by atoms with Crippen molar-refractivity contribution >= 4 is 11.4 Å². The van der Waals surface area contributed by atoms with E-state index in [9.17, 15) is 0 Å². The molecule has 0 saturated carbocycles. The Bertz CT molecular complexity index is 585. The summed E-state index contributed by atoms with van der Waals surface area (Å²) in [5.74, 6) is 0. The fraction of sp³-hybridized carbons (Fsp3) is 0.133. The van der Waals surface area contributed by atoms with Crippen LogP contribution in [0.2, 0.25) is 0 Å². The first-order valence-corrected chi connectivity index (χ1v) is 5.83. The van der Waals surface area contributed by atoms with Gasteiger partial charge in [-0.05, 0) is 24.1 Å². The van der Waals surface area contributed by atoms with E-state index in [4.69, 9.17) is 5.73 Å². The number of benzene rings is 2. The van der Waals surface area contributed by atoms with E-state index in [2.05, 4.69) is 35.3 Å². The molecule has 0 saturated heterocycles. The molecule has 3 rings (SSSR count). The number of hydrogen-bond acceptors (Lipinski definition) is 2. The van der Waals surface area contributed by atoms with E-state index in [1.54, 1.807) is 0 Å². The maximum atomic E-state index is 5.83. The predicted octanol–water partition coefficient (Wildman–Crippen LogP) is 2.66. The van der Waals surface area contributed by atoms with E-state index in [-0.39, 0.29) is 0 Å². The second-order valence-electron chi connectivity index (χ2n) is 4.26. The lowest BCUT2D eigenvalue weighted by Gasteiger charge is -2.17. The third kappa shape index (κ3) is 1.82. The van der Waals surface area contributed by atoms with Crippen LogP contribution in [0.3, 0.4) is 0 Å². The highest BCUT2D eigenvalue weighted by Gasteiger charge is 2.14. The second kappa shape index (κ2) is 4.06. The summed E-state index contributed by atoms with van der Waals surface area (Å²) in [6, 6.07) is 16.4. The Morgan fingerprint density at radius 1 is 1.00 bits per heavy atom. The predicted molar refractivity (Wildman–Crippen MR) is 71.5 cm³/mol. The second-order valence-corrected chi connectivity index (χ2v) is 4.26. The highest BCUT2D eigenvalue weighted by atomic mass is 14.7. The van der Waals surface area contributed by atoms with Crippen molar-refractivity contribution in [1.29, 1.82) is 0 Å². The Hall–Kier alpha value is -2.09. The van der Waals surface area contributed by atoms with Crippen LogP contribution in [0.1, 0.15) is 16.7 Å². The molecule has 2 N–H and O–H groups in total. The molecule has 0 amide bonds. The number of fused-ring (bicyclic) bond motifs is 1. The molecule has 1 aliphatic heterocycles. The van der Waals surface area contributed by atoms with Gasteiger partial charge in [-0.3, -0.25) is 4.99 Å². The molecule has 2 nitrogen and oxygen atoms in total. The summed E-state index contributed by atoms with van der Waals surface area (Å²) < 4.78 is 0. The number of nitrogen functional groups attached to an aromatic ring is 1. The molecule has 0 bridgehead atoms. The van der Waals surface area contributed by atoms with Gasteiger partial charge in [0.2, 0.25) is 0 Å². The van der Waals surface area contributed by atoms with Crippen molar-refractivity contribution < 1.29 is 0 Å². The number of nitrogens with zero attached hydrogens (tertiary/aromatic N) is 1. The average Bonchev–Trinajstić information content (AvgIpc) is 2.38. The smallest absolute Gasteiger partial charge is 0.0722 e. The van der Waals surface area contributed by atoms with Crippen LogP contribution in [0.15, 0.2) is 53.5 Å². The molecule has 0 radical (unpaired) electrons. The van der Waals surface area contributed by atoms with Crippen LogP contribution >= 0.6 is 0 Å². The molecule has 1 aliphatic rings. The lowest BCUT2D eigenvalue weighted by molar-refractivity contribution is 0.944. The van der Waals surface area contributed by atoms with Crippen LogP contribution in [0.4, 0.5) is 5.69 Å². The van der Waals surface area contributed by atoms with Crippen LogP contribution < -0.4 is 5.73 Å². The summed E-state index contributed by atoms with van der Waals surface area (Å²) >= 11 is 0. The molecular weight excluding hydrogens is 208 g/mol. The zero-order valence-electron chi connectivity index (χ0n) is 9.56. The van der Waals surface area contributed by atoms with Crippen LogP contribution in [-0.4, -0.2) is 12.3 Å². The van der Waals surface area contributed by atoms with Gasteiger partial charge in [0.1, 0.15) is 0 Å². The van der Waals surface area contributed by atoms with Gasteiger partial charge in [0.25, 0.3) is 0 Å². The van der Waals surface area contributed by atoms with Gasteiger partial charge < -0.3 is 5.73 Å². The van der Waals surface area contributed by atoms with Gasteiger partial charge in [-0.2, -0.15) is 0 Å². The van der Waals surface area contributed by atoms with Gasteiger partial charge in [-0.25, -0.2) is 0 Å². The van der Waals surface area contributed by atoms with E-state index in [1.165, 1.54) is 11.1 Å². The van der Waals surface area contributed by atoms with Crippen LogP contribution in [0, 0.1) is 0 Å². The van der Waals surface area contributed by atoms with Gasteiger partial charge in [0, 0.05) is 23.4 Å². The molecule has 1 heterocycles. The minimum absolute atomic E-state index is 0.785. The van der Waals surface area contributed by atoms with Crippen LogP contribution in [0.25, 0.3) is 0 Å². The Morgan fingerprint density at radius 2 is 1.88 bits per heavy atom. The van der Waals surface area contributed by atoms with Crippen molar-refractivity contribution in [3.8, 4) is 0 Å². The summed E-state index contributed by atoms with van der Waals surface area (Å²) in [5.41, 5.74) is 11.4. The van der Waals surface area contributed by atoms with Crippen LogP contribution in [0.5, 0.6) is 0 Å². The largest absolute Gasteiger partial charge is 0.399 e. The van der Waals surface area contributed by atoms with Crippen molar-refractivity contribution in [1.82, 2.24) is 0 Å². The highest BCUT2D eigenvalue weighted by Crippen LogP contribution is 2.21. The van der Waals surface area contributed by atoms with Crippen molar-refractivity contribution in [2.24, 2.45) is 4.99 Å². The maximum Gasteiger partial charge on any atom is 0.0722 e.